The quantitative estimate of drug-likeness (QED) is 0.603. The molecule has 0 aromatic heterocycles. The van der Waals surface area contributed by atoms with Crippen molar-refractivity contribution in [2.75, 3.05) is 11.3 Å². The van der Waals surface area contributed by atoms with E-state index in [1.165, 1.54) is 59.5 Å². The molecule has 0 saturated heterocycles. The van der Waals surface area contributed by atoms with Crippen molar-refractivity contribution >= 4 is 21.6 Å². The van der Waals surface area contributed by atoms with Gasteiger partial charge in [0.05, 0.1) is 10.6 Å². The highest BCUT2D eigenvalue weighted by molar-refractivity contribution is 7.92. The SMILES string of the molecule is CCN(Cc1cccc(F)c1)C(=O)c1cccc(S(=O)(=O)Nc2ccccc2F)c1. The van der Waals surface area contributed by atoms with Crippen LogP contribution >= 0.6 is 0 Å². The summed E-state index contributed by atoms with van der Waals surface area (Å²) < 4.78 is 54.7. The zero-order valence-electron chi connectivity index (χ0n) is 16.2. The molecule has 3 aromatic rings. The monoisotopic (exact) mass is 430 g/mol. The number of sulfonamides is 1. The van der Waals surface area contributed by atoms with E-state index in [2.05, 4.69) is 4.72 Å². The van der Waals surface area contributed by atoms with Gasteiger partial charge in [0, 0.05) is 18.7 Å². The third-order valence-electron chi connectivity index (χ3n) is 4.44. The van der Waals surface area contributed by atoms with Crippen molar-refractivity contribution in [2.24, 2.45) is 0 Å². The van der Waals surface area contributed by atoms with Crippen molar-refractivity contribution < 1.29 is 22.0 Å². The van der Waals surface area contributed by atoms with Gasteiger partial charge in [0.2, 0.25) is 0 Å². The Kier molecular flexibility index (Phi) is 6.47. The number of anilines is 1. The number of halogens is 2. The van der Waals surface area contributed by atoms with Crippen LogP contribution in [0.4, 0.5) is 14.5 Å². The number of carbonyl (C=O) groups is 1. The molecule has 0 heterocycles. The van der Waals surface area contributed by atoms with Crippen LogP contribution in [0, 0.1) is 11.6 Å². The zero-order valence-corrected chi connectivity index (χ0v) is 17.0. The topological polar surface area (TPSA) is 66.5 Å². The number of rotatable bonds is 7. The van der Waals surface area contributed by atoms with Crippen molar-refractivity contribution in [3.63, 3.8) is 0 Å². The van der Waals surface area contributed by atoms with E-state index in [4.69, 9.17) is 0 Å². The maximum Gasteiger partial charge on any atom is 0.262 e. The minimum absolute atomic E-state index is 0.157. The number of hydrogen-bond donors (Lipinski definition) is 1. The number of nitrogens with one attached hydrogen (secondary N) is 1. The lowest BCUT2D eigenvalue weighted by Gasteiger charge is -2.21. The van der Waals surface area contributed by atoms with E-state index in [-0.39, 0.29) is 22.7 Å². The smallest absolute Gasteiger partial charge is 0.262 e. The van der Waals surface area contributed by atoms with Crippen molar-refractivity contribution in [3.8, 4) is 0 Å². The van der Waals surface area contributed by atoms with Crippen LogP contribution in [0.2, 0.25) is 0 Å². The predicted molar refractivity (Wildman–Crippen MR) is 110 cm³/mol. The van der Waals surface area contributed by atoms with Crippen LogP contribution in [-0.2, 0) is 16.6 Å². The molecule has 0 saturated carbocycles. The number of amides is 1. The lowest BCUT2D eigenvalue weighted by molar-refractivity contribution is 0.0752. The molecule has 0 aliphatic heterocycles. The summed E-state index contributed by atoms with van der Waals surface area (Å²) in [6.07, 6.45) is 0. The van der Waals surface area contributed by atoms with Gasteiger partial charge in [-0.15, -0.1) is 0 Å². The van der Waals surface area contributed by atoms with E-state index in [1.807, 2.05) is 0 Å². The Hall–Kier alpha value is -3.26. The fourth-order valence-corrected chi connectivity index (χ4v) is 4.02. The van der Waals surface area contributed by atoms with Gasteiger partial charge in [-0.1, -0.05) is 30.3 Å². The molecule has 0 fully saturated rings. The second kappa shape index (κ2) is 9.04. The highest BCUT2D eigenvalue weighted by Crippen LogP contribution is 2.20. The van der Waals surface area contributed by atoms with Crippen LogP contribution in [0.5, 0.6) is 0 Å². The summed E-state index contributed by atoms with van der Waals surface area (Å²) in [5, 5.41) is 0. The van der Waals surface area contributed by atoms with E-state index >= 15 is 0 Å². The van der Waals surface area contributed by atoms with Crippen molar-refractivity contribution in [3.05, 3.63) is 95.6 Å². The summed E-state index contributed by atoms with van der Waals surface area (Å²) in [6.45, 7) is 2.30. The molecule has 0 radical (unpaired) electrons. The van der Waals surface area contributed by atoms with E-state index in [1.54, 1.807) is 19.1 Å². The molecule has 3 aromatic carbocycles. The Morgan fingerprint density at radius 2 is 1.70 bits per heavy atom. The average molecular weight is 430 g/mol. The van der Waals surface area contributed by atoms with Gasteiger partial charge in [-0.3, -0.25) is 9.52 Å². The molecule has 0 bridgehead atoms. The fourth-order valence-electron chi connectivity index (χ4n) is 2.91. The van der Waals surface area contributed by atoms with Crippen LogP contribution in [0.15, 0.2) is 77.7 Å². The lowest BCUT2D eigenvalue weighted by Crippen LogP contribution is -2.30. The van der Waals surface area contributed by atoms with Gasteiger partial charge in [-0.25, -0.2) is 17.2 Å². The van der Waals surface area contributed by atoms with E-state index in [0.717, 1.165) is 6.07 Å². The Morgan fingerprint density at radius 3 is 2.40 bits per heavy atom. The Balaban J connectivity index is 1.84. The molecule has 0 aliphatic carbocycles. The average Bonchev–Trinajstić information content (AvgIpc) is 2.73. The normalized spacial score (nSPS) is 11.2. The minimum Gasteiger partial charge on any atom is -0.335 e. The second-order valence-corrected chi connectivity index (χ2v) is 8.24. The summed E-state index contributed by atoms with van der Waals surface area (Å²) in [4.78, 5) is 14.2. The van der Waals surface area contributed by atoms with E-state index in [0.29, 0.717) is 12.1 Å². The first-order valence-electron chi connectivity index (χ1n) is 9.21. The van der Waals surface area contributed by atoms with Gasteiger partial charge in [0.15, 0.2) is 0 Å². The van der Waals surface area contributed by atoms with Crippen LogP contribution in [0.3, 0.4) is 0 Å². The molecular weight excluding hydrogens is 410 g/mol. The number of nitrogens with zero attached hydrogens (tertiary/aromatic N) is 1. The Bertz CT molecular complexity index is 1170. The largest absolute Gasteiger partial charge is 0.335 e. The summed E-state index contributed by atoms with van der Waals surface area (Å²) in [6, 6.07) is 16.8. The van der Waals surface area contributed by atoms with Gasteiger partial charge in [-0.2, -0.15) is 0 Å². The molecule has 3 rings (SSSR count). The summed E-state index contributed by atoms with van der Waals surface area (Å²) in [7, 11) is -4.10. The lowest BCUT2D eigenvalue weighted by atomic mass is 10.1. The maximum absolute atomic E-state index is 13.8. The van der Waals surface area contributed by atoms with Crippen LogP contribution in [-0.4, -0.2) is 25.8 Å². The van der Waals surface area contributed by atoms with Crippen LogP contribution < -0.4 is 4.72 Å². The molecular formula is C22H20F2N2O3S. The van der Waals surface area contributed by atoms with Crippen molar-refractivity contribution in [2.45, 2.75) is 18.4 Å². The summed E-state index contributed by atoms with van der Waals surface area (Å²) in [5.41, 5.74) is 0.593. The van der Waals surface area contributed by atoms with E-state index in [9.17, 15) is 22.0 Å². The number of para-hydroxylation sites is 1. The third-order valence-corrected chi connectivity index (χ3v) is 5.80. The predicted octanol–water partition coefficient (Wildman–Crippen LogP) is 4.43. The summed E-state index contributed by atoms with van der Waals surface area (Å²) >= 11 is 0. The van der Waals surface area contributed by atoms with Crippen LogP contribution in [0.25, 0.3) is 0 Å². The Morgan fingerprint density at radius 1 is 0.967 bits per heavy atom. The van der Waals surface area contributed by atoms with Crippen molar-refractivity contribution in [1.82, 2.24) is 4.90 Å². The highest BCUT2D eigenvalue weighted by Gasteiger charge is 2.20. The van der Waals surface area contributed by atoms with Gasteiger partial charge < -0.3 is 4.90 Å². The number of hydrogen-bond acceptors (Lipinski definition) is 3. The standard InChI is InChI=1S/C22H20F2N2O3S/c1-2-26(15-16-7-5-9-18(23)13-16)22(27)17-8-6-10-19(14-17)30(28,29)25-21-12-4-3-11-20(21)24/h3-14,25H,2,15H2,1H3. The Labute approximate surface area is 174 Å². The van der Waals surface area contributed by atoms with Gasteiger partial charge in [0.1, 0.15) is 11.6 Å². The van der Waals surface area contributed by atoms with Gasteiger partial charge >= 0.3 is 0 Å². The number of carbonyl (C=O) groups excluding carboxylic acids is 1. The molecule has 1 N–H and O–H groups in total. The second-order valence-electron chi connectivity index (χ2n) is 6.56. The third kappa shape index (κ3) is 5.01. The maximum atomic E-state index is 13.8. The molecule has 0 atom stereocenters. The molecule has 1 amide bonds. The molecule has 8 heteroatoms. The minimum atomic E-state index is -4.10. The van der Waals surface area contributed by atoms with Crippen molar-refractivity contribution in [1.29, 1.82) is 0 Å². The van der Waals surface area contributed by atoms with Crippen LogP contribution in [0.1, 0.15) is 22.8 Å². The van der Waals surface area contributed by atoms with Gasteiger partial charge in [-0.05, 0) is 55.0 Å². The molecule has 30 heavy (non-hydrogen) atoms. The highest BCUT2D eigenvalue weighted by atomic mass is 32.2. The molecule has 0 unspecified atom stereocenters. The molecule has 0 aliphatic rings. The first-order valence-corrected chi connectivity index (χ1v) is 10.7. The molecule has 0 spiro atoms. The molecule has 156 valence electrons. The first-order chi connectivity index (χ1) is 14.3. The molecule has 5 nitrogen and oxygen atoms in total. The number of benzene rings is 3. The van der Waals surface area contributed by atoms with E-state index < -0.39 is 27.6 Å². The summed E-state index contributed by atoms with van der Waals surface area (Å²) in [5.74, 6) is -1.51. The van der Waals surface area contributed by atoms with Gasteiger partial charge in [0.25, 0.3) is 15.9 Å². The first kappa shape index (κ1) is 21.4. The fraction of sp³-hybridized carbons (Fsp3) is 0.136. The zero-order chi connectivity index (χ0) is 21.7.